The van der Waals surface area contributed by atoms with E-state index in [4.69, 9.17) is 0 Å². The molecule has 1 aromatic heterocycles. The summed E-state index contributed by atoms with van der Waals surface area (Å²) in [6.07, 6.45) is 7.24. The summed E-state index contributed by atoms with van der Waals surface area (Å²) in [4.78, 5) is 1.43. The van der Waals surface area contributed by atoms with Crippen molar-refractivity contribution >= 4 is 11.8 Å². The lowest BCUT2D eigenvalue weighted by Gasteiger charge is -2.04. The summed E-state index contributed by atoms with van der Waals surface area (Å²) in [5, 5.41) is 0. The number of rotatable bonds is 3. The average Bonchev–Trinajstić information content (AvgIpc) is 2.80. The quantitative estimate of drug-likeness (QED) is 0.649. The van der Waals surface area contributed by atoms with Crippen LogP contribution < -0.4 is 0 Å². The van der Waals surface area contributed by atoms with E-state index in [9.17, 15) is 0 Å². The normalized spacial score (nSPS) is 16.8. The Morgan fingerprint density at radius 2 is 2.33 bits per heavy atom. The lowest BCUT2D eigenvalue weighted by atomic mass is 10.4. The molecule has 0 aliphatic heterocycles. The maximum atomic E-state index is 2.39. The van der Waals surface area contributed by atoms with E-state index < -0.39 is 0 Å². The Hall–Kier alpha value is -0.370. The van der Waals surface area contributed by atoms with Gasteiger partial charge in [-0.15, -0.1) is 11.8 Å². The zero-order valence-electron chi connectivity index (χ0n) is 7.71. The van der Waals surface area contributed by atoms with Crippen molar-refractivity contribution in [2.75, 3.05) is 6.26 Å². The van der Waals surface area contributed by atoms with Crippen molar-refractivity contribution in [3.05, 3.63) is 18.0 Å². The van der Waals surface area contributed by atoms with Gasteiger partial charge in [0, 0.05) is 23.3 Å². The van der Waals surface area contributed by atoms with Crippen molar-refractivity contribution in [2.24, 2.45) is 5.92 Å². The molecule has 0 aromatic carbocycles. The van der Waals surface area contributed by atoms with E-state index in [1.807, 2.05) is 11.8 Å². The molecule has 0 atom stereocenters. The van der Waals surface area contributed by atoms with Gasteiger partial charge in [0.15, 0.2) is 0 Å². The number of thioether (sulfide) groups is 1. The van der Waals surface area contributed by atoms with Gasteiger partial charge in [-0.1, -0.05) is 0 Å². The molecule has 0 radical (unpaired) electrons. The van der Waals surface area contributed by atoms with E-state index >= 15 is 0 Å². The number of hydrogen-bond donors (Lipinski definition) is 0. The monoisotopic (exact) mass is 181 g/mol. The molecule has 1 aromatic rings. The largest absolute Gasteiger partial charge is 0.350 e. The van der Waals surface area contributed by atoms with Crippen molar-refractivity contribution < 1.29 is 0 Å². The van der Waals surface area contributed by atoms with Crippen LogP contribution in [-0.4, -0.2) is 10.8 Å². The molecular formula is C10H15NS. The van der Waals surface area contributed by atoms with Gasteiger partial charge in [0.25, 0.3) is 0 Å². The predicted molar refractivity (Wildman–Crippen MR) is 53.7 cm³/mol. The van der Waals surface area contributed by atoms with Crippen LogP contribution in [0.25, 0.3) is 0 Å². The molecule has 1 heterocycles. The highest BCUT2D eigenvalue weighted by atomic mass is 32.2. The zero-order chi connectivity index (χ0) is 8.55. The molecule has 0 amide bonds. The van der Waals surface area contributed by atoms with Gasteiger partial charge >= 0.3 is 0 Å². The highest BCUT2D eigenvalue weighted by molar-refractivity contribution is 7.98. The maximum Gasteiger partial charge on any atom is 0.0280 e. The first-order chi connectivity index (χ1) is 5.81. The molecule has 0 unspecified atom stereocenters. The first-order valence-corrected chi connectivity index (χ1v) is 5.73. The number of aromatic nitrogens is 1. The first kappa shape index (κ1) is 8.24. The van der Waals surface area contributed by atoms with Gasteiger partial charge in [-0.2, -0.15) is 0 Å². The molecule has 1 saturated carbocycles. The van der Waals surface area contributed by atoms with Crippen LogP contribution in [0.2, 0.25) is 0 Å². The van der Waals surface area contributed by atoms with Crippen LogP contribution in [0.5, 0.6) is 0 Å². The van der Waals surface area contributed by atoms with Gasteiger partial charge in [0.2, 0.25) is 0 Å². The summed E-state index contributed by atoms with van der Waals surface area (Å²) in [6.45, 7) is 3.46. The Balaban J connectivity index is 2.13. The minimum Gasteiger partial charge on any atom is -0.350 e. The summed E-state index contributed by atoms with van der Waals surface area (Å²) in [7, 11) is 0. The fourth-order valence-electron chi connectivity index (χ4n) is 1.52. The van der Waals surface area contributed by atoms with Gasteiger partial charge in [0.1, 0.15) is 0 Å². The standard InChI is InChI=1S/C10H15NS/c1-8-10(12-2)5-6-11(8)7-9-3-4-9/h5-6,9H,3-4,7H2,1-2H3. The van der Waals surface area contributed by atoms with E-state index in [-0.39, 0.29) is 0 Å². The highest BCUT2D eigenvalue weighted by Crippen LogP contribution is 2.32. The zero-order valence-corrected chi connectivity index (χ0v) is 8.53. The van der Waals surface area contributed by atoms with Gasteiger partial charge in [0.05, 0.1) is 0 Å². The van der Waals surface area contributed by atoms with E-state index in [2.05, 4.69) is 30.0 Å². The molecule has 2 rings (SSSR count). The Morgan fingerprint density at radius 3 is 2.83 bits per heavy atom. The van der Waals surface area contributed by atoms with Crippen LogP contribution in [0.4, 0.5) is 0 Å². The van der Waals surface area contributed by atoms with Crippen LogP contribution in [0.1, 0.15) is 18.5 Å². The van der Waals surface area contributed by atoms with Crippen LogP contribution in [-0.2, 0) is 6.54 Å². The Bertz CT molecular complexity index is 273. The van der Waals surface area contributed by atoms with Crippen molar-refractivity contribution in [3.8, 4) is 0 Å². The van der Waals surface area contributed by atoms with Crippen molar-refractivity contribution in [2.45, 2.75) is 31.2 Å². The minimum atomic E-state index is 0.978. The van der Waals surface area contributed by atoms with E-state index in [1.54, 1.807) is 0 Å². The van der Waals surface area contributed by atoms with Crippen molar-refractivity contribution in [3.63, 3.8) is 0 Å². The van der Waals surface area contributed by atoms with Gasteiger partial charge < -0.3 is 4.57 Å². The minimum absolute atomic E-state index is 0.978. The second kappa shape index (κ2) is 3.17. The molecule has 66 valence electrons. The summed E-state index contributed by atoms with van der Waals surface area (Å²) in [5.74, 6) is 0.978. The Morgan fingerprint density at radius 1 is 1.58 bits per heavy atom. The number of nitrogens with zero attached hydrogens (tertiary/aromatic N) is 1. The summed E-state index contributed by atoms with van der Waals surface area (Å²) >= 11 is 1.84. The van der Waals surface area contributed by atoms with Crippen LogP contribution in [0, 0.1) is 12.8 Å². The molecule has 0 bridgehead atoms. The molecule has 1 nitrogen and oxygen atoms in total. The van der Waals surface area contributed by atoms with Gasteiger partial charge in [-0.25, -0.2) is 0 Å². The van der Waals surface area contributed by atoms with Crippen molar-refractivity contribution in [1.29, 1.82) is 0 Å². The molecule has 0 N–H and O–H groups in total. The van der Waals surface area contributed by atoms with Crippen LogP contribution in [0.3, 0.4) is 0 Å². The first-order valence-electron chi connectivity index (χ1n) is 4.51. The topological polar surface area (TPSA) is 4.93 Å². The molecule has 1 aliphatic carbocycles. The second-order valence-corrected chi connectivity index (χ2v) is 4.41. The van der Waals surface area contributed by atoms with Crippen LogP contribution >= 0.6 is 11.8 Å². The lowest BCUT2D eigenvalue weighted by molar-refractivity contribution is 0.613. The van der Waals surface area contributed by atoms with E-state index in [0.29, 0.717) is 0 Å². The molecular weight excluding hydrogens is 166 g/mol. The van der Waals surface area contributed by atoms with E-state index in [1.165, 1.54) is 30.0 Å². The Kier molecular flexibility index (Phi) is 2.18. The smallest absolute Gasteiger partial charge is 0.0280 e. The summed E-state index contributed by atoms with van der Waals surface area (Å²) in [5.41, 5.74) is 1.44. The fraction of sp³-hybridized carbons (Fsp3) is 0.600. The summed E-state index contributed by atoms with van der Waals surface area (Å²) < 4.78 is 2.39. The summed E-state index contributed by atoms with van der Waals surface area (Å²) in [6, 6.07) is 2.22. The average molecular weight is 181 g/mol. The van der Waals surface area contributed by atoms with Gasteiger partial charge in [-0.3, -0.25) is 0 Å². The third-order valence-corrected chi connectivity index (χ3v) is 3.44. The molecule has 0 spiro atoms. The maximum absolute atomic E-state index is 2.39. The third kappa shape index (κ3) is 1.53. The third-order valence-electron chi connectivity index (χ3n) is 2.56. The molecule has 12 heavy (non-hydrogen) atoms. The second-order valence-electron chi connectivity index (χ2n) is 3.57. The predicted octanol–water partition coefficient (Wildman–Crippen LogP) is 2.93. The van der Waals surface area contributed by atoms with Crippen molar-refractivity contribution in [1.82, 2.24) is 4.57 Å². The Labute approximate surface area is 78.2 Å². The molecule has 0 saturated heterocycles. The number of hydrogen-bond acceptors (Lipinski definition) is 1. The SMILES string of the molecule is CSc1ccn(CC2CC2)c1C. The molecule has 2 heteroatoms. The highest BCUT2D eigenvalue weighted by Gasteiger charge is 2.22. The fourth-order valence-corrected chi connectivity index (χ4v) is 2.13. The van der Waals surface area contributed by atoms with E-state index in [0.717, 1.165) is 5.92 Å². The van der Waals surface area contributed by atoms with Gasteiger partial charge in [-0.05, 0) is 38.0 Å². The van der Waals surface area contributed by atoms with Crippen LogP contribution in [0.15, 0.2) is 17.2 Å². The lowest BCUT2D eigenvalue weighted by Crippen LogP contribution is -1.99. The molecule has 1 aliphatic rings. The molecule has 1 fully saturated rings.